The molecule has 32 heavy (non-hydrogen) atoms. The average Bonchev–Trinajstić information content (AvgIpc) is 2.81. The second-order valence-electron chi connectivity index (χ2n) is 7.48. The average molecular weight is 465 g/mol. The van der Waals surface area contributed by atoms with Crippen molar-refractivity contribution in [1.29, 1.82) is 0 Å². The third-order valence-electron chi connectivity index (χ3n) is 4.68. The molecule has 0 fully saturated rings. The fourth-order valence-corrected chi connectivity index (χ4v) is 2.80. The molecule has 0 saturated heterocycles. The van der Waals surface area contributed by atoms with E-state index in [1.54, 1.807) is 0 Å². The van der Waals surface area contributed by atoms with Crippen molar-refractivity contribution in [1.82, 2.24) is 0 Å². The van der Waals surface area contributed by atoms with E-state index < -0.39 is 0 Å². The smallest absolute Gasteiger partial charge is 0.307 e. The minimum atomic E-state index is -0.272. The highest BCUT2D eigenvalue weighted by atomic mass is 16.6. The van der Waals surface area contributed by atoms with Crippen molar-refractivity contribution in [2.45, 2.75) is 64.7 Å². The second kappa shape index (κ2) is 28.3. The first-order chi connectivity index (χ1) is 15.8. The zero-order chi connectivity index (χ0) is 23.4. The van der Waals surface area contributed by atoms with Crippen LogP contribution >= 0.6 is 0 Å². The number of ether oxygens (including phenoxy) is 7. The summed E-state index contributed by atoms with van der Waals surface area (Å²) in [7, 11) is 1.36. The van der Waals surface area contributed by atoms with E-state index in [1.165, 1.54) is 52.1 Å². The molecule has 0 saturated carbocycles. The van der Waals surface area contributed by atoms with Crippen LogP contribution in [-0.4, -0.2) is 92.4 Å². The zero-order valence-corrected chi connectivity index (χ0v) is 20.6. The van der Waals surface area contributed by atoms with Gasteiger partial charge in [0.1, 0.15) is 0 Å². The maximum absolute atomic E-state index is 10.9. The maximum Gasteiger partial charge on any atom is 0.307 e. The molecule has 0 aromatic heterocycles. The van der Waals surface area contributed by atoms with Gasteiger partial charge in [-0.25, -0.2) is 0 Å². The molecule has 0 unspecified atom stereocenters. The third kappa shape index (κ3) is 27.3. The Morgan fingerprint density at radius 1 is 0.469 bits per heavy atom. The number of carbonyl (C=O) groups excluding carboxylic acids is 1. The predicted octanol–water partition coefficient (Wildman–Crippen LogP) is 3.79. The lowest BCUT2D eigenvalue weighted by molar-refractivity contribution is -0.141. The fourth-order valence-electron chi connectivity index (χ4n) is 2.80. The summed E-state index contributed by atoms with van der Waals surface area (Å²) < 4.78 is 37.1. The SMILES string of the molecule is CCCCCCCCCCOCCOCCOCCOCCOCCOCCC(=O)OC. The Morgan fingerprint density at radius 2 is 0.812 bits per heavy atom. The number of hydrogen-bond donors (Lipinski definition) is 0. The van der Waals surface area contributed by atoms with E-state index in [9.17, 15) is 4.79 Å². The summed E-state index contributed by atoms with van der Waals surface area (Å²) in [6, 6.07) is 0. The predicted molar refractivity (Wildman–Crippen MR) is 124 cm³/mol. The standard InChI is InChI=1S/C24H48O8/c1-3-4-5-6-7-8-9-10-12-27-14-16-29-18-20-31-22-23-32-21-19-30-17-15-28-13-11-24(25)26-2/h3-23H2,1-2H3. The van der Waals surface area contributed by atoms with Gasteiger partial charge in [-0.05, 0) is 6.42 Å². The Balaban J connectivity index is 3.02. The number of esters is 1. The molecule has 0 bridgehead atoms. The molecule has 0 radical (unpaired) electrons. The van der Waals surface area contributed by atoms with E-state index in [-0.39, 0.29) is 12.4 Å². The van der Waals surface area contributed by atoms with Crippen molar-refractivity contribution >= 4 is 5.97 Å². The summed E-state index contributed by atoms with van der Waals surface area (Å²) in [6.45, 7) is 8.82. The van der Waals surface area contributed by atoms with Gasteiger partial charge in [0.25, 0.3) is 0 Å². The van der Waals surface area contributed by atoms with Gasteiger partial charge in [-0.15, -0.1) is 0 Å². The molecule has 0 heterocycles. The van der Waals surface area contributed by atoms with Gasteiger partial charge in [0, 0.05) is 6.61 Å². The Hall–Kier alpha value is -0.770. The zero-order valence-electron chi connectivity index (χ0n) is 20.6. The lowest BCUT2D eigenvalue weighted by Gasteiger charge is -2.08. The van der Waals surface area contributed by atoms with Crippen LogP contribution in [0, 0.1) is 0 Å². The summed E-state index contributed by atoms with van der Waals surface area (Å²) >= 11 is 0. The minimum Gasteiger partial charge on any atom is -0.469 e. The molecule has 8 heteroatoms. The van der Waals surface area contributed by atoms with Gasteiger partial charge in [0.05, 0.1) is 86.2 Å². The molecule has 0 aromatic rings. The molecule has 192 valence electrons. The molecule has 8 nitrogen and oxygen atoms in total. The number of methoxy groups -OCH3 is 1. The minimum absolute atomic E-state index is 0.262. The van der Waals surface area contributed by atoms with E-state index in [4.69, 9.17) is 28.4 Å². The fraction of sp³-hybridized carbons (Fsp3) is 0.958. The van der Waals surface area contributed by atoms with Crippen molar-refractivity contribution in [3.63, 3.8) is 0 Å². The largest absolute Gasteiger partial charge is 0.469 e. The van der Waals surface area contributed by atoms with Crippen LogP contribution in [-0.2, 0) is 38.0 Å². The van der Waals surface area contributed by atoms with Gasteiger partial charge in [0.2, 0.25) is 0 Å². The van der Waals surface area contributed by atoms with Crippen molar-refractivity contribution < 1.29 is 38.0 Å². The van der Waals surface area contributed by atoms with Crippen LogP contribution in [0.5, 0.6) is 0 Å². The van der Waals surface area contributed by atoms with E-state index in [0.29, 0.717) is 72.7 Å². The van der Waals surface area contributed by atoms with Crippen LogP contribution < -0.4 is 0 Å². The quantitative estimate of drug-likeness (QED) is 0.134. The van der Waals surface area contributed by atoms with Gasteiger partial charge in [-0.1, -0.05) is 51.9 Å². The molecule has 0 atom stereocenters. The molecular weight excluding hydrogens is 416 g/mol. The molecule has 0 N–H and O–H groups in total. The summed E-state index contributed by atoms with van der Waals surface area (Å²) in [5.74, 6) is -0.272. The Morgan fingerprint density at radius 3 is 1.22 bits per heavy atom. The number of hydrogen-bond acceptors (Lipinski definition) is 8. The summed E-state index contributed by atoms with van der Waals surface area (Å²) in [4.78, 5) is 10.9. The molecular formula is C24H48O8. The molecule has 0 aliphatic carbocycles. The van der Waals surface area contributed by atoms with E-state index in [1.807, 2.05) is 0 Å². The van der Waals surface area contributed by atoms with Crippen LogP contribution in [0.3, 0.4) is 0 Å². The van der Waals surface area contributed by atoms with Crippen molar-refractivity contribution in [2.75, 3.05) is 86.4 Å². The van der Waals surface area contributed by atoms with Crippen LogP contribution in [0.2, 0.25) is 0 Å². The number of carbonyl (C=O) groups is 1. The first-order valence-electron chi connectivity index (χ1n) is 12.3. The molecule has 0 aromatic carbocycles. The number of rotatable bonds is 27. The maximum atomic E-state index is 10.9. The first kappa shape index (κ1) is 31.2. The Labute approximate surface area is 195 Å². The first-order valence-corrected chi connectivity index (χ1v) is 12.3. The Bertz CT molecular complexity index is 368. The van der Waals surface area contributed by atoms with Crippen LogP contribution in [0.15, 0.2) is 0 Å². The molecule has 0 aliphatic heterocycles. The van der Waals surface area contributed by atoms with Crippen molar-refractivity contribution in [2.24, 2.45) is 0 Å². The molecule has 0 aliphatic rings. The van der Waals surface area contributed by atoms with Gasteiger partial charge in [0.15, 0.2) is 0 Å². The molecule has 0 spiro atoms. The monoisotopic (exact) mass is 464 g/mol. The lowest BCUT2D eigenvalue weighted by Crippen LogP contribution is -2.14. The van der Waals surface area contributed by atoms with Gasteiger partial charge in [-0.2, -0.15) is 0 Å². The summed E-state index contributed by atoms with van der Waals surface area (Å²) in [5, 5.41) is 0. The second-order valence-corrected chi connectivity index (χ2v) is 7.48. The van der Waals surface area contributed by atoms with Crippen LogP contribution in [0.4, 0.5) is 0 Å². The van der Waals surface area contributed by atoms with Crippen molar-refractivity contribution in [3.05, 3.63) is 0 Å². The highest BCUT2D eigenvalue weighted by Gasteiger charge is 1.99. The van der Waals surface area contributed by atoms with Gasteiger partial charge >= 0.3 is 5.97 Å². The molecule has 0 rings (SSSR count). The third-order valence-corrected chi connectivity index (χ3v) is 4.68. The van der Waals surface area contributed by atoms with E-state index in [2.05, 4.69) is 11.7 Å². The van der Waals surface area contributed by atoms with E-state index >= 15 is 0 Å². The summed E-state index contributed by atoms with van der Waals surface area (Å²) in [5.41, 5.74) is 0. The summed E-state index contributed by atoms with van der Waals surface area (Å²) in [6.07, 6.45) is 10.8. The van der Waals surface area contributed by atoms with E-state index in [0.717, 1.165) is 13.0 Å². The van der Waals surface area contributed by atoms with Crippen molar-refractivity contribution in [3.8, 4) is 0 Å². The Kier molecular flexibility index (Phi) is 27.6. The van der Waals surface area contributed by atoms with Crippen LogP contribution in [0.1, 0.15) is 64.7 Å². The number of unbranched alkanes of at least 4 members (excludes halogenated alkanes) is 7. The molecule has 0 amide bonds. The normalized spacial score (nSPS) is 11.2. The topological polar surface area (TPSA) is 81.7 Å². The van der Waals surface area contributed by atoms with Gasteiger partial charge < -0.3 is 33.2 Å². The highest BCUT2D eigenvalue weighted by molar-refractivity contribution is 5.69. The highest BCUT2D eigenvalue weighted by Crippen LogP contribution is 2.08. The lowest BCUT2D eigenvalue weighted by atomic mass is 10.1. The van der Waals surface area contributed by atoms with Crippen LogP contribution in [0.25, 0.3) is 0 Å². The van der Waals surface area contributed by atoms with Gasteiger partial charge in [-0.3, -0.25) is 4.79 Å².